The molecule has 142 valence electrons. The highest BCUT2D eigenvalue weighted by Crippen LogP contribution is 2.18. The molecule has 2 aromatic rings. The van der Waals surface area contributed by atoms with Gasteiger partial charge >= 0.3 is 0 Å². The molecule has 1 aliphatic heterocycles. The maximum Gasteiger partial charge on any atom is 0.263 e. The summed E-state index contributed by atoms with van der Waals surface area (Å²) in [5.74, 6) is 0.503. The molecule has 0 spiro atoms. The molecule has 0 radical (unpaired) electrons. The zero-order valence-corrected chi connectivity index (χ0v) is 16.0. The van der Waals surface area contributed by atoms with Crippen molar-refractivity contribution in [2.45, 2.75) is 31.9 Å². The van der Waals surface area contributed by atoms with Crippen molar-refractivity contribution in [2.24, 2.45) is 0 Å². The summed E-state index contributed by atoms with van der Waals surface area (Å²) in [6.07, 6.45) is 0.900. The highest BCUT2D eigenvalue weighted by Gasteiger charge is 2.27. The molecular weight excluding hydrogens is 364 g/mol. The van der Waals surface area contributed by atoms with Gasteiger partial charge in [0.15, 0.2) is 6.10 Å². The molecule has 1 fully saturated rings. The molecule has 1 unspecified atom stereocenters. The van der Waals surface area contributed by atoms with Crippen LogP contribution in [0.3, 0.4) is 0 Å². The van der Waals surface area contributed by atoms with Crippen molar-refractivity contribution in [2.75, 3.05) is 13.1 Å². The van der Waals surface area contributed by atoms with Crippen molar-refractivity contribution >= 4 is 23.4 Å². The van der Waals surface area contributed by atoms with Crippen molar-refractivity contribution in [3.63, 3.8) is 0 Å². The van der Waals surface area contributed by atoms with E-state index >= 15 is 0 Å². The summed E-state index contributed by atoms with van der Waals surface area (Å²) < 4.78 is 5.71. The van der Waals surface area contributed by atoms with Crippen molar-refractivity contribution < 1.29 is 14.3 Å². The topological polar surface area (TPSA) is 58.6 Å². The SMILES string of the molecule is CC(Oc1ccc(Cl)cc1)C(=O)N1CCC(NC(=O)c2ccccc2)CC1. The van der Waals surface area contributed by atoms with Crippen molar-refractivity contribution in [1.82, 2.24) is 10.2 Å². The smallest absolute Gasteiger partial charge is 0.263 e. The molecule has 1 atom stereocenters. The third-order valence-corrected chi connectivity index (χ3v) is 4.90. The first-order valence-electron chi connectivity index (χ1n) is 9.10. The van der Waals surface area contributed by atoms with E-state index in [-0.39, 0.29) is 17.9 Å². The molecular formula is C21H23ClN2O3. The molecule has 1 saturated heterocycles. The minimum absolute atomic E-state index is 0.0437. The van der Waals surface area contributed by atoms with Crippen molar-refractivity contribution in [3.8, 4) is 5.75 Å². The highest BCUT2D eigenvalue weighted by atomic mass is 35.5. The van der Waals surface area contributed by atoms with Crippen LogP contribution in [-0.2, 0) is 4.79 Å². The van der Waals surface area contributed by atoms with E-state index in [9.17, 15) is 9.59 Å². The highest BCUT2D eigenvalue weighted by molar-refractivity contribution is 6.30. The number of nitrogens with zero attached hydrogens (tertiary/aromatic N) is 1. The lowest BCUT2D eigenvalue weighted by Crippen LogP contribution is -2.49. The van der Waals surface area contributed by atoms with Gasteiger partial charge in [-0.25, -0.2) is 0 Å². The van der Waals surface area contributed by atoms with Gasteiger partial charge in [-0.3, -0.25) is 9.59 Å². The Bertz CT molecular complexity index is 772. The van der Waals surface area contributed by atoms with E-state index in [1.165, 1.54) is 0 Å². The fourth-order valence-corrected chi connectivity index (χ4v) is 3.25. The molecule has 1 heterocycles. The standard InChI is InChI=1S/C21H23ClN2O3/c1-15(27-19-9-7-17(22)8-10-19)21(26)24-13-11-18(12-14-24)23-20(25)16-5-3-2-4-6-16/h2-10,15,18H,11-14H2,1H3,(H,23,25). The van der Waals surface area contributed by atoms with E-state index in [1.54, 1.807) is 48.2 Å². The normalized spacial score (nSPS) is 15.9. The molecule has 0 aromatic heterocycles. The number of likely N-dealkylation sites (tertiary alicyclic amines) is 1. The zero-order chi connectivity index (χ0) is 19.2. The van der Waals surface area contributed by atoms with Gasteiger partial charge in [0.1, 0.15) is 5.75 Å². The van der Waals surface area contributed by atoms with Crippen LogP contribution in [0.25, 0.3) is 0 Å². The second-order valence-electron chi connectivity index (χ2n) is 6.65. The number of hydrogen-bond donors (Lipinski definition) is 1. The van der Waals surface area contributed by atoms with Gasteiger partial charge in [-0.2, -0.15) is 0 Å². The minimum atomic E-state index is -0.568. The summed E-state index contributed by atoms with van der Waals surface area (Å²) >= 11 is 5.86. The Balaban J connectivity index is 1.47. The third kappa shape index (κ3) is 5.23. The van der Waals surface area contributed by atoms with Crippen molar-refractivity contribution in [1.29, 1.82) is 0 Å². The maximum atomic E-state index is 12.6. The molecule has 3 rings (SSSR count). The van der Waals surface area contributed by atoms with Crippen molar-refractivity contribution in [3.05, 3.63) is 65.2 Å². The Kier molecular flexibility index (Phi) is 6.35. The molecule has 2 aromatic carbocycles. The quantitative estimate of drug-likeness (QED) is 0.855. The second-order valence-corrected chi connectivity index (χ2v) is 7.09. The second kappa shape index (κ2) is 8.91. The summed E-state index contributed by atoms with van der Waals surface area (Å²) in [5.41, 5.74) is 0.654. The predicted octanol–water partition coefficient (Wildman–Crippen LogP) is 3.53. The molecule has 1 N–H and O–H groups in total. The lowest BCUT2D eigenvalue weighted by Gasteiger charge is -2.33. The number of halogens is 1. The lowest BCUT2D eigenvalue weighted by molar-refractivity contribution is -0.139. The van der Waals surface area contributed by atoms with Crippen LogP contribution in [0.1, 0.15) is 30.1 Å². The van der Waals surface area contributed by atoms with Gasteiger partial charge in [0.05, 0.1) is 0 Å². The van der Waals surface area contributed by atoms with Crippen LogP contribution >= 0.6 is 11.6 Å². The average molecular weight is 387 g/mol. The summed E-state index contributed by atoms with van der Waals surface area (Å²) in [7, 11) is 0. The number of ether oxygens (including phenoxy) is 1. The number of piperidine rings is 1. The number of benzene rings is 2. The average Bonchev–Trinajstić information content (AvgIpc) is 2.70. The van der Waals surface area contributed by atoms with Gasteiger partial charge in [-0.05, 0) is 56.2 Å². The lowest BCUT2D eigenvalue weighted by atomic mass is 10.0. The fraction of sp³-hybridized carbons (Fsp3) is 0.333. The number of rotatable bonds is 5. The van der Waals surface area contributed by atoms with E-state index in [0.29, 0.717) is 29.4 Å². The van der Waals surface area contributed by atoms with Crippen LogP contribution in [0.15, 0.2) is 54.6 Å². The molecule has 1 aliphatic rings. The Hall–Kier alpha value is -2.53. The number of hydrogen-bond acceptors (Lipinski definition) is 3. The van der Waals surface area contributed by atoms with E-state index in [4.69, 9.17) is 16.3 Å². The zero-order valence-electron chi connectivity index (χ0n) is 15.2. The van der Waals surface area contributed by atoms with Gasteiger partial charge in [0, 0.05) is 29.7 Å². The molecule has 5 nitrogen and oxygen atoms in total. The van der Waals surface area contributed by atoms with Gasteiger partial charge < -0.3 is 15.0 Å². The van der Waals surface area contributed by atoms with Crippen LogP contribution in [0.2, 0.25) is 5.02 Å². The molecule has 27 heavy (non-hydrogen) atoms. The number of carbonyl (C=O) groups excluding carboxylic acids is 2. The van der Waals surface area contributed by atoms with Crippen LogP contribution in [0.5, 0.6) is 5.75 Å². The summed E-state index contributed by atoms with van der Waals surface area (Å²) in [6, 6.07) is 16.2. The summed E-state index contributed by atoms with van der Waals surface area (Å²) in [6.45, 7) is 2.96. The predicted molar refractivity (Wildman–Crippen MR) is 105 cm³/mol. The molecule has 0 bridgehead atoms. The Morgan fingerprint density at radius 3 is 2.33 bits per heavy atom. The Labute approximate surface area is 164 Å². The Morgan fingerprint density at radius 2 is 1.70 bits per heavy atom. The molecule has 2 amide bonds. The van der Waals surface area contributed by atoms with Crippen LogP contribution < -0.4 is 10.1 Å². The summed E-state index contributed by atoms with van der Waals surface area (Å²) in [5, 5.41) is 3.67. The molecule has 0 aliphatic carbocycles. The van der Waals surface area contributed by atoms with Gasteiger partial charge in [0.25, 0.3) is 11.8 Å². The van der Waals surface area contributed by atoms with E-state index in [1.807, 2.05) is 18.2 Å². The van der Waals surface area contributed by atoms with Crippen LogP contribution in [0, 0.1) is 0 Å². The Morgan fingerprint density at radius 1 is 1.07 bits per heavy atom. The maximum absolute atomic E-state index is 12.6. The van der Waals surface area contributed by atoms with E-state index < -0.39 is 6.10 Å². The molecule has 6 heteroatoms. The summed E-state index contributed by atoms with van der Waals surface area (Å²) in [4.78, 5) is 26.6. The van der Waals surface area contributed by atoms with Crippen LogP contribution in [-0.4, -0.2) is 41.9 Å². The van der Waals surface area contributed by atoms with Gasteiger partial charge in [-0.1, -0.05) is 29.8 Å². The fourth-order valence-electron chi connectivity index (χ4n) is 3.13. The van der Waals surface area contributed by atoms with Gasteiger partial charge in [-0.15, -0.1) is 0 Å². The van der Waals surface area contributed by atoms with Crippen LogP contribution in [0.4, 0.5) is 0 Å². The number of carbonyl (C=O) groups is 2. The minimum Gasteiger partial charge on any atom is -0.481 e. The first-order chi connectivity index (χ1) is 13.0. The molecule has 0 saturated carbocycles. The largest absolute Gasteiger partial charge is 0.481 e. The van der Waals surface area contributed by atoms with E-state index in [2.05, 4.69) is 5.32 Å². The number of nitrogens with one attached hydrogen (secondary N) is 1. The third-order valence-electron chi connectivity index (χ3n) is 4.65. The monoisotopic (exact) mass is 386 g/mol. The first kappa shape index (κ1) is 19.2. The van der Waals surface area contributed by atoms with E-state index in [0.717, 1.165) is 12.8 Å². The first-order valence-corrected chi connectivity index (χ1v) is 9.47. The number of amides is 2. The van der Waals surface area contributed by atoms with Gasteiger partial charge in [0.2, 0.25) is 0 Å².